The number of hydrogen-bond donors (Lipinski definition) is 1. The summed E-state index contributed by atoms with van der Waals surface area (Å²) < 4.78 is 0. The number of piperidine rings is 1. The van der Waals surface area contributed by atoms with Crippen molar-refractivity contribution in [1.29, 1.82) is 0 Å². The lowest BCUT2D eigenvalue weighted by atomic mass is 9.92. The van der Waals surface area contributed by atoms with Crippen molar-refractivity contribution in [2.24, 2.45) is 0 Å². The van der Waals surface area contributed by atoms with Crippen molar-refractivity contribution in [2.75, 3.05) is 6.54 Å². The van der Waals surface area contributed by atoms with E-state index in [4.69, 9.17) is 0 Å². The first-order valence-electron chi connectivity index (χ1n) is 9.99. The minimum atomic E-state index is -0.317. The third kappa shape index (κ3) is 3.67. The smallest absolute Gasteiger partial charge is 0.315 e. The van der Waals surface area contributed by atoms with E-state index in [9.17, 15) is 9.59 Å². The van der Waals surface area contributed by atoms with Crippen molar-refractivity contribution < 1.29 is 9.59 Å². The first-order chi connectivity index (χ1) is 13.5. The molecule has 2 heterocycles. The highest BCUT2D eigenvalue weighted by Gasteiger charge is 2.46. The highest BCUT2D eigenvalue weighted by Crippen LogP contribution is 2.27. The third-order valence-corrected chi connectivity index (χ3v) is 5.77. The molecule has 0 aromatic heterocycles. The summed E-state index contributed by atoms with van der Waals surface area (Å²) >= 11 is 0. The van der Waals surface area contributed by atoms with Crippen LogP contribution in [-0.2, 0) is 17.9 Å². The Hall–Kier alpha value is -2.66. The molecule has 2 aliphatic heterocycles. The zero-order valence-corrected chi connectivity index (χ0v) is 16.5. The first-order valence-corrected chi connectivity index (χ1v) is 9.99. The van der Waals surface area contributed by atoms with Gasteiger partial charge in [-0.05, 0) is 44.4 Å². The van der Waals surface area contributed by atoms with Crippen LogP contribution in [0.4, 0.5) is 4.79 Å². The number of carbonyl (C=O) groups is 2. The molecule has 0 spiro atoms. The lowest BCUT2D eigenvalue weighted by Gasteiger charge is -2.47. The third-order valence-electron chi connectivity index (χ3n) is 5.77. The monoisotopic (exact) mass is 377 g/mol. The van der Waals surface area contributed by atoms with Crippen molar-refractivity contribution in [3.05, 3.63) is 70.8 Å². The van der Waals surface area contributed by atoms with Gasteiger partial charge in [-0.1, -0.05) is 59.7 Å². The molecule has 2 atom stereocenters. The minimum Gasteiger partial charge on any atom is -0.315 e. The second-order valence-electron chi connectivity index (χ2n) is 7.95. The molecule has 2 aromatic carbocycles. The topological polar surface area (TPSA) is 52.7 Å². The van der Waals surface area contributed by atoms with E-state index in [1.54, 1.807) is 0 Å². The maximum atomic E-state index is 13.3. The van der Waals surface area contributed by atoms with E-state index < -0.39 is 0 Å². The van der Waals surface area contributed by atoms with E-state index in [-0.39, 0.29) is 24.0 Å². The Balaban J connectivity index is 1.61. The van der Waals surface area contributed by atoms with Crippen LogP contribution in [0.15, 0.2) is 48.5 Å². The number of urea groups is 1. The van der Waals surface area contributed by atoms with Gasteiger partial charge < -0.3 is 10.2 Å². The molecule has 2 fully saturated rings. The second-order valence-corrected chi connectivity index (χ2v) is 7.95. The number of fused-ring (bicyclic) bond motifs is 1. The molecule has 0 bridgehead atoms. The summed E-state index contributed by atoms with van der Waals surface area (Å²) in [5, 5.41) is 3.36. The van der Waals surface area contributed by atoms with E-state index in [0.717, 1.165) is 36.1 Å². The minimum absolute atomic E-state index is 0.0793. The van der Waals surface area contributed by atoms with Crippen LogP contribution < -0.4 is 5.32 Å². The van der Waals surface area contributed by atoms with Crippen LogP contribution in [0.5, 0.6) is 0 Å². The number of imide groups is 1. The Morgan fingerprint density at radius 3 is 2.07 bits per heavy atom. The van der Waals surface area contributed by atoms with E-state index in [0.29, 0.717) is 13.1 Å². The van der Waals surface area contributed by atoms with E-state index >= 15 is 0 Å². The number of benzene rings is 2. The molecule has 3 amide bonds. The Morgan fingerprint density at radius 2 is 1.46 bits per heavy atom. The van der Waals surface area contributed by atoms with Crippen LogP contribution in [0, 0.1) is 13.8 Å². The molecule has 0 saturated carbocycles. The molecular weight excluding hydrogens is 350 g/mol. The normalized spacial score (nSPS) is 22.4. The molecule has 4 rings (SSSR count). The average molecular weight is 377 g/mol. The molecule has 28 heavy (non-hydrogen) atoms. The van der Waals surface area contributed by atoms with Gasteiger partial charge in [0.2, 0.25) is 5.91 Å². The van der Waals surface area contributed by atoms with Crippen LogP contribution >= 0.6 is 0 Å². The van der Waals surface area contributed by atoms with Gasteiger partial charge in [0.05, 0.1) is 12.6 Å². The SMILES string of the molecule is Cc1ccc(CN2C(=O)C3NCCCC3N(Cc3ccc(C)cc3)C2=O)cc1. The number of carbonyl (C=O) groups excluding carboxylic acids is 2. The number of hydrogen-bond acceptors (Lipinski definition) is 3. The summed E-state index contributed by atoms with van der Waals surface area (Å²) in [7, 11) is 0. The fraction of sp³-hybridized carbons (Fsp3) is 0.391. The second kappa shape index (κ2) is 7.76. The van der Waals surface area contributed by atoms with Crippen LogP contribution in [0.1, 0.15) is 35.1 Å². The van der Waals surface area contributed by atoms with Crippen LogP contribution in [0.2, 0.25) is 0 Å². The molecule has 2 saturated heterocycles. The largest absolute Gasteiger partial charge is 0.327 e. The van der Waals surface area contributed by atoms with Gasteiger partial charge in [0.25, 0.3) is 0 Å². The van der Waals surface area contributed by atoms with Gasteiger partial charge in [-0.2, -0.15) is 0 Å². The fourth-order valence-electron chi connectivity index (χ4n) is 4.11. The Labute approximate surface area is 166 Å². The summed E-state index contributed by atoms with van der Waals surface area (Å²) in [6.07, 6.45) is 1.84. The summed E-state index contributed by atoms with van der Waals surface area (Å²) in [5.74, 6) is -0.101. The predicted octanol–water partition coefficient (Wildman–Crippen LogP) is 3.39. The van der Waals surface area contributed by atoms with Crippen LogP contribution in [0.25, 0.3) is 0 Å². The molecule has 0 radical (unpaired) electrons. The highest BCUT2D eigenvalue weighted by molar-refractivity contribution is 6.00. The van der Waals surface area contributed by atoms with E-state index in [1.165, 1.54) is 10.5 Å². The molecule has 5 heteroatoms. The van der Waals surface area contributed by atoms with E-state index in [1.807, 2.05) is 36.1 Å². The van der Waals surface area contributed by atoms with Crippen LogP contribution in [0.3, 0.4) is 0 Å². The number of amides is 3. The molecular formula is C23H27N3O2. The van der Waals surface area contributed by atoms with Crippen molar-refractivity contribution in [3.8, 4) is 0 Å². The standard InChI is InChI=1S/C23H27N3O2/c1-16-5-9-18(10-6-16)14-25-20-4-3-13-24-21(20)22(27)26(23(25)28)15-19-11-7-17(2)8-12-19/h5-12,20-21,24H,3-4,13-15H2,1-2H3. The molecule has 2 unspecified atom stereocenters. The number of rotatable bonds is 4. The molecule has 146 valence electrons. The Kier molecular flexibility index (Phi) is 5.18. The van der Waals surface area contributed by atoms with Gasteiger partial charge >= 0.3 is 6.03 Å². The van der Waals surface area contributed by atoms with Gasteiger partial charge in [0.1, 0.15) is 6.04 Å². The molecule has 2 aliphatic rings. The maximum Gasteiger partial charge on any atom is 0.327 e. The van der Waals surface area contributed by atoms with Gasteiger partial charge in [0.15, 0.2) is 0 Å². The number of aryl methyl sites for hydroxylation is 2. The number of nitrogens with one attached hydrogen (secondary N) is 1. The quantitative estimate of drug-likeness (QED) is 0.889. The Bertz CT molecular complexity index is 860. The average Bonchev–Trinajstić information content (AvgIpc) is 2.71. The zero-order chi connectivity index (χ0) is 19.7. The first kappa shape index (κ1) is 18.7. The summed E-state index contributed by atoms with van der Waals surface area (Å²) in [5.41, 5.74) is 4.42. The van der Waals surface area contributed by atoms with Gasteiger partial charge in [0, 0.05) is 6.54 Å². The van der Waals surface area contributed by atoms with Crippen molar-refractivity contribution >= 4 is 11.9 Å². The molecule has 5 nitrogen and oxygen atoms in total. The van der Waals surface area contributed by atoms with Gasteiger partial charge in [-0.3, -0.25) is 9.69 Å². The molecule has 2 aromatic rings. The fourth-order valence-corrected chi connectivity index (χ4v) is 4.11. The van der Waals surface area contributed by atoms with Crippen molar-refractivity contribution in [2.45, 2.75) is 51.9 Å². The zero-order valence-electron chi connectivity index (χ0n) is 16.5. The molecule has 0 aliphatic carbocycles. The lowest BCUT2D eigenvalue weighted by molar-refractivity contribution is -0.137. The van der Waals surface area contributed by atoms with Crippen LogP contribution in [-0.4, -0.2) is 40.4 Å². The van der Waals surface area contributed by atoms with Gasteiger partial charge in [-0.15, -0.1) is 0 Å². The predicted molar refractivity (Wildman–Crippen MR) is 109 cm³/mol. The van der Waals surface area contributed by atoms with Gasteiger partial charge in [-0.25, -0.2) is 4.79 Å². The lowest BCUT2D eigenvalue weighted by Crippen LogP contribution is -2.68. The van der Waals surface area contributed by atoms with Crippen molar-refractivity contribution in [3.63, 3.8) is 0 Å². The maximum absolute atomic E-state index is 13.3. The Morgan fingerprint density at radius 1 is 0.893 bits per heavy atom. The summed E-state index contributed by atoms with van der Waals surface area (Å²) in [6, 6.07) is 15.7. The van der Waals surface area contributed by atoms with E-state index in [2.05, 4.69) is 36.5 Å². The molecule has 1 N–H and O–H groups in total. The van der Waals surface area contributed by atoms with Crippen molar-refractivity contribution in [1.82, 2.24) is 15.1 Å². The summed E-state index contributed by atoms with van der Waals surface area (Å²) in [6.45, 7) is 5.74. The highest BCUT2D eigenvalue weighted by atomic mass is 16.2. The number of nitrogens with zero attached hydrogens (tertiary/aromatic N) is 2. The summed E-state index contributed by atoms with van der Waals surface area (Å²) in [4.78, 5) is 29.7.